The maximum atomic E-state index is 5.40. The standard InChI is InChI=1S/C31H36N6O/c1-23(24-12-14-27(38-3)15-13-24)36(28-9-4-7-25-8-6-16-32-31(25)28)21-26-22-37-29(33-26)10-5-11-30(37)35-19-17-34(2)18-20-35/h5-6,8,10-16,22,28H,1,4,7,9,17-21H2,2-3H3/t28-/m1/s1. The maximum absolute atomic E-state index is 5.40. The second kappa shape index (κ2) is 10.5. The van der Waals surface area contributed by atoms with Crippen LogP contribution in [-0.2, 0) is 13.0 Å². The summed E-state index contributed by atoms with van der Waals surface area (Å²) in [4.78, 5) is 17.2. The first kappa shape index (κ1) is 24.5. The van der Waals surface area contributed by atoms with Crippen molar-refractivity contribution in [3.05, 3.63) is 96.1 Å². The molecular weight excluding hydrogens is 472 g/mol. The van der Waals surface area contributed by atoms with E-state index in [1.807, 2.05) is 24.4 Å². The molecule has 7 nitrogen and oxygen atoms in total. The van der Waals surface area contributed by atoms with Crippen molar-refractivity contribution in [3.8, 4) is 5.75 Å². The lowest BCUT2D eigenvalue weighted by atomic mass is 9.90. The van der Waals surface area contributed by atoms with E-state index >= 15 is 0 Å². The minimum absolute atomic E-state index is 0.150. The molecule has 0 saturated carbocycles. The van der Waals surface area contributed by atoms with Crippen molar-refractivity contribution < 1.29 is 4.74 Å². The predicted molar refractivity (Wildman–Crippen MR) is 152 cm³/mol. The van der Waals surface area contributed by atoms with Crippen LogP contribution in [0.1, 0.15) is 41.4 Å². The van der Waals surface area contributed by atoms with Gasteiger partial charge in [-0.1, -0.05) is 18.7 Å². The molecule has 7 heteroatoms. The van der Waals surface area contributed by atoms with Gasteiger partial charge in [0.15, 0.2) is 0 Å². The number of methoxy groups -OCH3 is 1. The predicted octanol–water partition coefficient (Wildman–Crippen LogP) is 5.04. The van der Waals surface area contributed by atoms with Crippen molar-refractivity contribution in [2.75, 3.05) is 45.2 Å². The molecule has 0 spiro atoms. The Balaban J connectivity index is 1.36. The summed E-state index contributed by atoms with van der Waals surface area (Å²) < 4.78 is 7.65. The van der Waals surface area contributed by atoms with Crippen LogP contribution in [0.15, 0.2) is 73.6 Å². The second-order valence-electron chi connectivity index (χ2n) is 10.4. The molecule has 3 aromatic heterocycles. The third kappa shape index (κ3) is 4.74. The monoisotopic (exact) mass is 508 g/mol. The molecule has 0 amide bonds. The first-order chi connectivity index (χ1) is 18.6. The fourth-order valence-electron chi connectivity index (χ4n) is 5.82. The van der Waals surface area contributed by atoms with E-state index in [0.717, 1.165) is 79.5 Å². The van der Waals surface area contributed by atoms with E-state index < -0.39 is 0 Å². The summed E-state index contributed by atoms with van der Waals surface area (Å²) >= 11 is 0. The van der Waals surface area contributed by atoms with Gasteiger partial charge in [0.2, 0.25) is 0 Å². The molecular formula is C31H36N6O. The highest BCUT2D eigenvalue weighted by Gasteiger charge is 2.29. The van der Waals surface area contributed by atoms with Crippen molar-refractivity contribution in [1.82, 2.24) is 24.2 Å². The largest absolute Gasteiger partial charge is 0.497 e. The third-order valence-corrected chi connectivity index (χ3v) is 7.99. The van der Waals surface area contributed by atoms with Gasteiger partial charge in [-0.2, -0.15) is 0 Å². The summed E-state index contributed by atoms with van der Waals surface area (Å²) in [5.74, 6) is 2.05. The van der Waals surface area contributed by atoms with Gasteiger partial charge in [0.25, 0.3) is 0 Å². The van der Waals surface area contributed by atoms with Gasteiger partial charge in [-0.3, -0.25) is 9.38 Å². The van der Waals surface area contributed by atoms with Crippen molar-refractivity contribution >= 4 is 17.2 Å². The average Bonchev–Trinajstić information content (AvgIpc) is 3.39. The number of benzene rings is 1. The molecule has 1 aromatic carbocycles. The zero-order valence-corrected chi connectivity index (χ0v) is 22.4. The van der Waals surface area contributed by atoms with Crippen molar-refractivity contribution in [2.45, 2.75) is 31.8 Å². The lowest BCUT2D eigenvalue weighted by Gasteiger charge is -2.37. The summed E-state index contributed by atoms with van der Waals surface area (Å²) in [5, 5.41) is 0. The Labute approximate surface area is 225 Å². The molecule has 0 bridgehead atoms. The highest BCUT2D eigenvalue weighted by Crippen LogP contribution is 2.38. The van der Waals surface area contributed by atoms with Gasteiger partial charge >= 0.3 is 0 Å². The highest BCUT2D eigenvalue weighted by atomic mass is 16.5. The van der Waals surface area contributed by atoms with Crippen LogP contribution in [-0.4, -0.2) is 64.5 Å². The number of rotatable bonds is 7. The first-order valence-corrected chi connectivity index (χ1v) is 13.5. The normalized spacial score (nSPS) is 17.8. The van der Waals surface area contributed by atoms with Crippen LogP contribution in [0.2, 0.25) is 0 Å². The summed E-state index contributed by atoms with van der Waals surface area (Å²) in [7, 11) is 3.89. The number of anilines is 1. The minimum Gasteiger partial charge on any atom is -0.497 e. The van der Waals surface area contributed by atoms with E-state index in [-0.39, 0.29) is 6.04 Å². The Morgan fingerprint density at radius 1 is 1.05 bits per heavy atom. The summed E-state index contributed by atoms with van der Waals surface area (Å²) in [6.45, 7) is 9.43. The first-order valence-electron chi connectivity index (χ1n) is 13.5. The molecule has 0 unspecified atom stereocenters. The molecule has 196 valence electrons. The van der Waals surface area contributed by atoms with Gasteiger partial charge in [-0.15, -0.1) is 0 Å². The van der Waals surface area contributed by atoms with E-state index in [1.54, 1.807) is 7.11 Å². The van der Waals surface area contributed by atoms with Crippen LogP contribution in [0, 0.1) is 0 Å². The van der Waals surface area contributed by atoms with Crippen molar-refractivity contribution in [3.63, 3.8) is 0 Å². The SMILES string of the molecule is C=C(c1ccc(OC)cc1)N(Cc1cn2c(N3CCN(C)CC3)cccc2n1)[C@@H]1CCCc2cccnc21. The summed E-state index contributed by atoms with van der Waals surface area (Å²) in [6.07, 6.45) is 7.37. The van der Waals surface area contributed by atoms with E-state index in [0.29, 0.717) is 6.54 Å². The van der Waals surface area contributed by atoms with Crippen molar-refractivity contribution in [1.29, 1.82) is 0 Å². The molecule has 38 heavy (non-hydrogen) atoms. The molecule has 0 radical (unpaired) electrons. The molecule has 0 N–H and O–H groups in total. The van der Waals surface area contributed by atoms with Crippen molar-refractivity contribution in [2.24, 2.45) is 0 Å². The fraction of sp³-hybridized carbons (Fsp3) is 0.355. The lowest BCUT2D eigenvalue weighted by molar-refractivity contribution is 0.254. The van der Waals surface area contributed by atoms with Gasteiger partial charge in [0, 0.05) is 44.3 Å². The number of hydrogen-bond acceptors (Lipinski definition) is 6. The number of likely N-dealkylation sites (N-methyl/N-ethyl adjacent to an activating group) is 1. The molecule has 1 aliphatic carbocycles. The Bertz CT molecular complexity index is 1420. The maximum Gasteiger partial charge on any atom is 0.138 e. The molecule has 1 fully saturated rings. The quantitative estimate of drug-likeness (QED) is 0.349. The number of aryl methyl sites for hydroxylation is 1. The topological polar surface area (TPSA) is 49.1 Å². The molecule has 2 aliphatic rings. The fourth-order valence-corrected chi connectivity index (χ4v) is 5.82. The van der Waals surface area contributed by atoms with Crippen LogP contribution < -0.4 is 9.64 Å². The Kier molecular flexibility index (Phi) is 6.77. The minimum atomic E-state index is 0.150. The number of nitrogens with zero attached hydrogens (tertiary/aromatic N) is 6. The zero-order valence-electron chi connectivity index (χ0n) is 22.4. The third-order valence-electron chi connectivity index (χ3n) is 7.99. The highest BCUT2D eigenvalue weighted by molar-refractivity contribution is 5.63. The number of aromatic nitrogens is 3. The Hall–Kier alpha value is -3.84. The van der Waals surface area contributed by atoms with Gasteiger partial charge < -0.3 is 19.4 Å². The van der Waals surface area contributed by atoms with Gasteiger partial charge in [-0.05, 0) is 79.9 Å². The molecule has 1 saturated heterocycles. The Morgan fingerprint density at radius 3 is 2.66 bits per heavy atom. The number of hydrogen-bond donors (Lipinski definition) is 0. The molecule has 6 rings (SSSR count). The van der Waals surface area contributed by atoms with E-state index in [4.69, 9.17) is 14.7 Å². The number of pyridine rings is 2. The van der Waals surface area contributed by atoms with Gasteiger partial charge in [-0.25, -0.2) is 4.98 Å². The van der Waals surface area contributed by atoms with Crippen LogP contribution in [0.5, 0.6) is 5.75 Å². The summed E-state index contributed by atoms with van der Waals surface area (Å²) in [6, 6.07) is 19.0. The van der Waals surface area contributed by atoms with Crippen LogP contribution in [0.25, 0.3) is 11.3 Å². The van der Waals surface area contributed by atoms with E-state index in [2.05, 4.69) is 75.3 Å². The van der Waals surface area contributed by atoms with E-state index in [9.17, 15) is 0 Å². The van der Waals surface area contributed by atoms with Crippen LogP contribution in [0.3, 0.4) is 0 Å². The molecule has 1 aliphatic heterocycles. The number of imidazole rings is 1. The number of fused-ring (bicyclic) bond motifs is 2. The van der Waals surface area contributed by atoms with Crippen LogP contribution in [0.4, 0.5) is 5.82 Å². The van der Waals surface area contributed by atoms with E-state index in [1.165, 1.54) is 11.4 Å². The molecule has 4 heterocycles. The Morgan fingerprint density at radius 2 is 1.87 bits per heavy atom. The summed E-state index contributed by atoms with van der Waals surface area (Å²) in [5.41, 5.74) is 6.57. The number of piperazine rings is 1. The molecule has 4 aromatic rings. The number of ether oxygens (including phenoxy) is 1. The average molecular weight is 509 g/mol. The molecule has 1 atom stereocenters. The second-order valence-corrected chi connectivity index (χ2v) is 10.4. The smallest absolute Gasteiger partial charge is 0.138 e. The zero-order chi connectivity index (χ0) is 26.1. The van der Waals surface area contributed by atoms with Gasteiger partial charge in [0.1, 0.15) is 17.2 Å². The van der Waals surface area contributed by atoms with Gasteiger partial charge in [0.05, 0.1) is 31.1 Å². The van der Waals surface area contributed by atoms with Crippen LogP contribution >= 0.6 is 0 Å². The lowest BCUT2D eigenvalue weighted by Crippen LogP contribution is -2.45.